The lowest BCUT2D eigenvalue weighted by Crippen LogP contribution is -2.37. The molecule has 4 aromatic rings. The van der Waals surface area contributed by atoms with Crippen LogP contribution in [0.4, 0.5) is 11.5 Å². The standard InChI is InChI=1S/C23H28N8O2S/c1-31(2)23(32)13-4-5-15-19(9-13)34-22-20(15)21(25-12-26-22)29-17-8-14-11-28-30-16(14)10-18(17)33-7-3-6-27-24/h8,10-13,23-24,32H,3-7,9H2,1-2H3,(H,28,30)(H,25,26,29)/t13-,23?/m0/s1. The number of fused-ring (bicyclic) bond motifs is 4. The minimum atomic E-state index is -0.453. The average Bonchev–Trinajstić information content (AvgIpc) is 3.44. The van der Waals surface area contributed by atoms with Crippen LogP contribution in [0.15, 0.2) is 29.8 Å². The van der Waals surface area contributed by atoms with Crippen LogP contribution in [0.3, 0.4) is 0 Å². The summed E-state index contributed by atoms with van der Waals surface area (Å²) in [5.74, 6) is 1.65. The molecule has 0 saturated carbocycles. The van der Waals surface area contributed by atoms with E-state index in [0.717, 1.165) is 51.9 Å². The summed E-state index contributed by atoms with van der Waals surface area (Å²) >= 11 is 1.69. The number of aliphatic hydroxyl groups excluding tert-OH is 1. The lowest BCUT2D eigenvalue weighted by Gasteiger charge is -2.30. The normalized spacial score (nSPS) is 16.6. The maximum Gasteiger partial charge on any atom is 0.144 e. The molecule has 1 aliphatic carbocycles. The molecule has 3 aromatic heterocycles. The molecule has 3 heterocycles. The molecule has 0 spiro atoms. The second-order valence-corrected chi connectivity index (χ2v) is 9.88. The van der Waals surface area contributed by atoms with E-state index < -0.39 is 6.23 Å². The smallest absolute Gasteiger partial charge is 0.144 e. The average molecular weight is 481 g/mol. The highest BCUT2D eigenvalue weighted by atomic mass is 32.1. The Hall–Kier alpha value is -3.15. The Bertz CT molecular complexity index is 1320. The first kappa shape index (κ1) is 22.6. The molecule has 178 valence electrons. The predicted molar refractivity (Wildman–Crippen MR) is 132 cm³/mol. The van der Waals surface area contributed by atoms with Gasteiger partial charge in [-0.05, 0) is 45.0 Å². The van der Waals surface area contributed by atoms with Gasteiger partial charge in [0.15, 0.2) is 0 Å². The number of ether oxygens (including phenoxy) is 1. The van der Waals surface area contributed by atoms with E-state index in [1.165, 1.54) is 10.4 Å². The molecule has 1 aromatic carbocycles. The molecule has 4 N–H and O–H groups in total. The summed E-state index contributed by atoms with van der Waals surface area (Å²) < 4.78 is 6.03. The number of H-pyrrole nitrogens is 1. The number of hydrogen-bond donors (Lipinski definition) is 4. The minimum absolute atomic E-state index is 0.207. The number of hydrogen-bond acceptors (Lipinski definition) is 10. The van der Waals surface area contributed by atoms with Gasteiger partial charge in [-0.25, -0.2) is 15.5 Å². The lowest BCUT2D eigenvalue weighted by molar-refractivity contribution is -0.0142. The van der Waals surface area contributed by atoms with Gasteiger partial charge in [-0.2, -0.15) is 10.2 Å². The van der Waals surface area contributed by atoms with Crippen molar-refractivity contribution in [1.82, 2.24) is 25.1 Å². The molecule has 2 atom stereocenters. The number of nitrogens with zero attached hydrogens (tertiary/aromatic N) is 5. The molecular formula is C23H28N8O2S. The van der Waals surface area contributed by atoms with E-state index in [4.69, 9.17) is 10.3 Å². The molecule has 0 amide bonds. The van der Waals surface area contributed by atoms with Crippen molar-refractivity contribution in [3.63, 3.8) is 0 Å². The van der Waals surface area contributed by atoms with Crippen LogP contribution >= 0.6 is 11.3 Å². The Labute approximate surface area is 200 Å². The number of aromatic amines is 1. The summed E-state index contributed by atoms with van der Waals surface area (Å²) in [6.45, 7) is 0.894. The number of aryl methyl sites for hydroxylation is 1. The Morgan fingerprint density at radius 1 is 1.38 bits per heavy atom. The summed E-state index contributed by atoms with van der Waals surface area (Å²) in [6, 6.07) is 3.93. The van der Waals surface area contributed by atoms with Crippen molar-refractivity contribution in [3.05, 3.63) is 35.1 Å². The first-order valence-electron chi connectivity index (χ1n) is 11.3. The van der Waals surface area contributed by atoms with Crippen molar-refractivity contribution >= 4 is 44.0 Å². The van der Waals surface area contributed by atoms with Crippen LogP contribution in [0.5, 0.6) is 5.75 Å². The van der Waals surface area contributed by atoms with Gasteiger partial charge in [0.2, 0.25) is 0 Å². The molecular weight excluding hydrogens is 452 g/mol. The van der Waals surface area contributed by atoms with Crippen LogP contribution in [0.1, 0.15) is 23.3 Å². The molecule has 0 saturated heterocycles. The number of aliphatic hydroxyl groups is 1. The molecule has 1 aliphatic rings. The molecule has 11 heteroatoms. The van der Waals surface area contributed by atoms with E-state index in [0.29, 0.717) is 25.3 Å². The second kappa shape index (κ2) is 9.61. The third-order valence-electron chi connectivity index (χ3n) is 6.30. The summed E-state index contributed by atoms with van der Waals surface area (Å²) in [6.07, 6.45) is 6.22. The Kier molecular flexibility index (Phi) is 6.40. The van der Waals surface area contributed by atoms with Crippen molar-refractivity contribution in [2.24, 2.45) is 11.0 Å². The predicted octanol–water partition coefficient (Wildman–Crippen LogP) is 4.10. The van der Waals surface area contributed by atoms with Crippen LogP contribution in [0, 0.1) is 11.4 Å². The Morgan fingerprint density at radius 3 is 3.09 bits per heavy atom. The van der Waals surface area contributed by atoms with E-state index in [2.05, 4.69) is 30.6 Å². The topological polar surface area (TPSA) is 135 Å². The van der Waals surface area contributed by atoms with Crippen molar-refractivity contribution < 1.29 is 9.84 Å². The van der Waals surface area contributed by atoms with Crippen LogP contribution in [0.2, 0.25) is 0 Å². The second-order valence-electron chi connectivity index (χ2n) is 8.80. The summed E-state index contributed by atoms with van der Waals surface area (Å²) in [5, 5.41) is 26.6. The van der Waals surface area contributed by atoms with Gasteiger partial charge >= 0.3 is 0 Å². The molecule has 0 bridgehead atoms. The zero-order valence-electron chi connectivity index (χ0n) is 19.2. The number of nitrogens with one attached hydrogen (secondary N) is 3. The maximum absolute atomic E-state index is 10.6. The Morgan fingerprint density at radius 2 is 2.26 bits per heavy atom. The Balaban J connectivity index is 1.48. The largest absolute Gasteiger partial charge is 0.491 e. The molecule has 10 nitrogen and oxygen atoms in total. The summed E-state index contributed by atoms with van der Waals surface area (Å²) in [4.78, 5) is 13.2. The minimum Gasteiger partial charge on any atom is -0.491 e. The van der Waals surface area contributed by atoms with Gasteiger partial charge in [-0.3, -0.25) is 10.00 Å². The van der Waals surface area contributed by atoms with Crippen LogP contribution in [0.25, 0.3) is 21.1 Å². The van der Waals surface area contributed by atoms with Crippen molar-refractivity contribution in [1.29, 1.82) is 5.53 Å². The fourth-order valence-corrected chi connectivity index (χ4v) is 5.83. The van der Waals surface area contributed by atoms with E-state index in [-0.39, 0.29) is 5.92 Å². The summed E-state index contributed by atoms with van der Waals surface area (Å²) in [5.41, 5.74) is 9.93. The highest BCUT2D eigenvalue weighted by Crippen LogP contribution is 2.42. The molecule has 34 heavy (non-hydrogen) atoms. The fourth-order valence-electron chi connectivity index (χ4n) is 4.55. The third kappa shape index (κ3) is 4.33. The van der Waals surface area contributed by atoms with E-state index in [9.17, 15) is 5.11 Å². The van der Waals surface area contributed by atoms with E-state index >= 15 is 0 Å². The monoisotopic (exact) mass is 480 g/mol. The summed E-state index contributed by atoms with van der Waals surface area (Å²) in [7, 11) is 3.83. The van der Waals surface area contributed by atoms with Gasteiger partial charge < -0.3 is 15.2 Å². The van der Waals surface area contributed by atoms with Crippen molar-refractivity contribution in [2.75, 3.05) is 32.6 Å². The lowest BCUT2D eigenvalue weighted by atomic mass is 9.86. The number of rotatable bonds is 9. The molecule has 5 rings (SSSR count). The highest BCUT2D eigenvalue weighted by molar-refractivity contribution is 7.19. The fraction of sp³-hybridized carbons (Fsp3) is 0.435. The van der Waals surface area contributed by atoms with Gasteiger partial charge in [0.25, 0.3) is 0 Å². The van der Waals surface area contributed by atoms with E-state index in [1.54, 1.807) is 23.9 Å². The number of aromatic nitrogens is 4. The SMILES string of the molecule is CN(C)C(O)[C@H]1CCc2c(sc3ncnc(Nc4cc5cn[nH]c5cc4OCCCN=N)c23)C1. The number of anilines is 2. The van der Waals surface area contributed by atoms with Crippen LogP contribution in [-0.4, -0.2) is 63.6 Å². The van der Waals surface area contributed by atoms with Gasteiger partial charge in [0, 0.05) is 28.7 Å². The first-order chi connectivity index (χ1) is 16.5. The van der Waals surface area contributed by atoms with Gasteiger partial charge in [0.05, 0.1) is 35.9 Å². The molecule has 0 aliphatic heterocycles. The van der Waals surface area contributed by atoms with Crippen LogP contribution in [-0.2, 0) is 12.8 Å². The van der Waals surface area contributed by atoms with Crippen molar-refractivity contribution in [2.45, 2.75) is 31.9 Å². The highest BCUT2D eigenvalue weighted by Gasteiger charge is 2.30. The molecule has 0 radical (unpaired) electrons. The maximum atomic E-state index is 10.6. The van der Waals surface area contributed by atoms with Gasteiger partial charge in [-0.15, -0.1) is 11.3 Å². The third-order valence-corrected chi connectivity index (χ3v) is 7.46. The van der Waals surface area contributed by atoms with Gasteiger partial charge in [0.1, 0.15) is 29.0 Å². The molecule has 0 fully saturated rings. The quantitative estimate of drug-likeness (QED) is 0.161. The number of benzene rings is 1. The van der Waals surface area contributed by atoms with E-state index in [1.807, 2.05) is 31.1 Å². The van der Waals surface area contributed by atoms with Crippen molar-refractivity contribution in [3.8, 4) is 5.75 Å². The first-order valence-corrected chi connectivity index (χ1v) is 12.2. The van der Waals surface area contributed by atoms with Crippen LogP contribution < -0.4 is 10.1 Å². The zero-order valence-corrected chi connectivity index (χ0v) is 20.0. The van der Waals surface area contributed by atoms with Gasteiger partial charge in [-0.1, -0.05) is 0 Å². The molecule has 1 unspecified atom stereocenters. The number of thiophene rings is 1. The zero-order chi connectivity index (χ0) is 23.7.